The van der Waals surface area contributed by atoms with E-state index in [0.29, 0.717) is 11.8 Å². The highest BCUT2D eigenvalue weighted by Gasteiger charge is 2.55. The highest BCUT2D eigenvalue weighted by atomic mass is 16.1. The number of ketones is 1. The molecule has 2 atom stereocenters. The molecular formula is C13H23NO. The van der Waals surface area contributed by atoms with E-state index in [-0.39, 0.29) is 11.5 Å². The van der Waals surface area contributed by atoms with Crippen LogP contribution in [-0.2, 0) is 4.79 Å². The molecule has 1 heterocycles. The summed E-state index contributed by atoms with van der Waals surface area (Å²) in [6.45, 7) is 9.67. The highest BCUT2D eigenvalue weighted by molar-refractivity contribution is 5.90. The zero-order valence-corrected chi connectivity index (χ0v) is 10.4. The lowest BCUT2D eigenvalue weighted by Gasteiger charge is -2.41. The van der Waals surface area contributed by atoms with Crippen molar-refractivity contribution in [2.24, 2.45) is 11.8 Å². The number of fused-ring (bicyclic) bond motifs is 2. The molecule has 0 aromatic heterocycles. The topological polar surface area (TPSA) is 20.3 Å². The van der Waals surface area contributed by atoms with Crippen molar-refractivity contribution in [3.8, 4) is 0 Å². The lowest BCUT2D eigenvalue weighted by atomic mass is 9.84. The molecule has 0 spiro atoms. The van der Waals surface area contributed by atoms with E-state index in [1.165, 1.54) is 6.42 Å². The third kappa shape index (κ3) is 1.54. The average molecular weight is 209 g/mol. The van der Waals surface area contributed by atoms with E-state index < -0.39 is 0 Å². The molecule has 0 N–H and O–H groups in total. The van der Waals surface area contributed by atoms with Crippen molar-refractivity contribution in [2.45, 2.75) is 58.5 Å². The van der Waals surface area contributed by atoms with E-state index >= 15 is 0 Å². The molecule has 15 heavy (non-hydrogen) atoms. The quantitative estimate of drug-likeness (QED) is 0.711. The number of likely N-dealkylation sites (tertiary alicyclic amines) is 1. The molecule has 0 radical (unpaired) electrons. The van der Waals surface area contributed by atoms with Gasteiger partial charge in [0.15, 0.2) is 5.78 Å². The van der Waals surface area contributed by atoms with Crippen molar-refractivity contribution in [2.75, 3.05) is 6.54 Å². The third-order valence-corrected chi connectivity index (χ3v) is 4.20. The summed E-state index contributed by atoms with van der Waals surface area (Å²) >= 11 is 0. The molecule has 2 heteroatoms. The number of Topliss-reactive ketones (excluding diaryl/α,β-unsaturated/α-hetero) is 1. The molecule has 0 unspecified atom stereocenters. The Bertz CT molecular complexity index is 272. The molecule has 0 aromatic rings. The second-order valence-electron chi connectivity index (χ2n) is 5.91. The Hall–Kier alpha value is -0.370. The van der Waals surface area contributed by atoms with Crippen molar-refractivity contribution >= 4 is 5.78 Å². The monoisotopic (exact) mass is 209 g/mol. The number of carbonyl (C=O) groups excluding carboxylic acids is 1. The van der Waals surface area contributed by atoms with Gasteiger partial charge in [-0.25, -0.2) is 0 Å². The third-order valence-electron chi connectivity index (χ3n) is 4.20. The van der Waals surface area contributed by atoms with Gasteiger partial charge < -0.3 is 0 Å². The van der Waals surface area contributed by atoms with Crippen LogP contribution in [0.15, 0.2) is 0 Å². The Morgan fingerprint density at radius 2 is 2.00 bits per heavy atom. The maximum absolute atomic E-state index is 12.4. The number of hydrogen-bond acceptors (Lipinski definition) is 2. The second kappa shape index (κ2) is 3.58. The van der Waals surface area contributed by atoms with Gasteiger partial charge in [0.25, 0.3) is 0 Å². The fourth-order valence-electron chi connectivity index (χ4n) is 3.60. The van der Waals surface area contributed by atoms with Crippen LogP contribution in [0.4, 0.5) is 0 Å². The Morgan fingerprint density at radius 1 is 1.33 bits per heavy atom. The van der Waals surface area contributed by atoms with Crippen LogP contribution in [-0.4, -0.2) is 28.8 Å². The average Bonchev–Trinajstić information content (AvgIpc) is 2.73. The first-order chi connectivity index (χ1) is 6.97. The first kappa shape index (κ1) is 11.1. The first-order valence-corrected chi connectivity index (χ1v) is 6.28. The van der Waals surface area contributed by atoms with Crippen LogP contribution in [0.5, 0.6) is 0 Å². The van der Waals surface area contributed by atoms with E-state index in [9.17, 15) is 4.79 Å². The minimum absolute atomic E-state index is 0.0764. The van der Waals surface area contributed by atoms with E-state index in [1.807, 2.05) is 13.8 Å². The highest BCUT2D eigenvalue weighted by Crippen LogP contribution is 2.48. The molecule has 2 fully saturated rings. The number of rotatable bonds is 3. The van der Waals surface area contributed by atoms with Crippen LogP contribution < -0.4 is 0 Å². The van der Waals surface area contributed by atoms with Gasteiger partial charge in [0.1, 0.15) is 0 Å². The van der Waals surface area contributed by atoms with Crippen molar-refractivity contribution < 1.29 is 4.79 Å². The Labute approximate surface area is 93.0 Å². The van der Waals surface area contributed by atoms with Crippen LogP contribution in [0.1, 0.15) is 47.0 Å². The van der Waals surface area contributed by atoms with Gasteiger partial charge >= 0.3 is 0 Å². The summed E-state index contributed by atoms with van der Waals surface area (Å²) in [5.41, 5.74) is -0.0764. The van der Waals surface area contributed by atoms with Crippen LogP contribution >= 0.6 is 0 Å². The number of nitrogens with zero attached hydrogens (tertiary/aromatic N) is 1. The first-order valence-electron chi connectivity index (χ1n) is 6.28. The largest absolute Gasteiger partial charge is 0.297 e. The summed E-state index contributed by atoms with van der Waals surface area (Å²) in [4.78, 5) is 14.9. The molecule has 0 aromatic carbocycles. The number of carbonyl (C=O) groups is 1. The summed E-state index contributed by atoms with van der Waals surface area (Å²) < 4.78 is 0. The Morgan fingerprint density at radius 3 is 2.47 bits per heavy atom. The van der Waals surface area contributed by atoms with Crippen molar-refractivity contribution in [1.82, 2.24) is 4.90 Å². The van der Waals surface area contributed by atoms with E-state index in [0.717, 1.165) is 25.3 Å². The predicted molar refractivity (Wildman–Crippen MR) is 61.8 cm³/mol. The molecular weight excluding hydrogens is 186 g/mol. The van der Waals surface area contributed by atoms with Crippen LogP contribution in [0.3, 0.4) is 0 Å². The van der Waals surface area contributed by atoms with Gasteiger partial charge in [-0.1, -0.05) is 13.8 Å². The van der Waals surface area contributed by atoms with Crippen LogP contribution in [0, 0.1) is 11.8 Å². The zero-order chi connectivity index (χ0) is 11.2. The normalized spacial score (nSPS) is 35.7. The van der Waals surface area contributed by atoms with Crippen LogP contribution in [0.25, 0.3) is 0 Å². The molecule has 1 aliphatic carbocycles. The maximum atomic E-state index is 12.4. The fourth-order valence-corrected chi connectivity index (χ4v) is 3.60. The fraction of sp³-hybridized carbons (Fsp3) is 0.923. The van der Waals surface area contributed by atoms with Gasteiger partial charge in [-0.05, 0) is 39.0 Å². The zero-order valence-electron chi connectivity index (χ0n) is 10.4. The molecule has 2 bridgehead atoms. The minimum Gasteiger partial charge on any atom is -0.297 e. The molecule has 0 amide bonds. The van der Waals surface area contributed by atoms with E-state index in [2.05, 4.69) is 18.7 Å². The predicted octanol–water partition coefficient (Wildman–Crippen LogP) is 2.47. The van der Waals surface area contributed by atoms with E-state index in [4.69, 9.17) is 0 Å². The number of hydrogen-bond donors (Lipinski definition) is 0. The SMILES string of the molecule is CC(C)C(=O)[C@@]12CC[C@@H](CN1C(C)C)C2. The number of piperidine rings is 1. The Kier molecular flexibility index (Phi) is 2.66. The summed E-state index contributed by atoms with van der Waals surface area (Å²) in [6, 6.07) is 0.512. The molecule has 2 rings (SSSR count). The lowest BCUT2D eigenvalue weighted by Crippen LogP contribution is -2.54. The van der Waals surface area contributed by atoms with Gasteiger partial charge in [0.05, 0.1) is 5.54 Å². The summed E-state index contributed by atoms with van der Waals surface area (Å²) in [5.74, 6) is 1.45. The molecule has 2 aliphatic rings. The van der Waals surface area contributed by atoms with Crippen molar-refractivity contribution in [3.05, 3.63) is 0 Å². The summed E-state index contributed by atoms with van der Waals surface area (Å²) in [7, 11) is 0. The maximum Gasteiger partial charge on any atom is 0.155 e. The van der Waals surface area contributed by atoms with Gasteiger partial charge in [-0.3, -0.25) is 9.69 Å². The summed E-state index contributed by atoms with van der Waals surface area (Å²) in [5, 5.41) is 0. The van der Waals surface area contributed by atoms with Gasteiger partial charge in [0, 0.05) is 18.5 Å². The van der Waals surface area contributed by atoms with E-state index in [1.54, 1.807) is 0 Å². The molecule has 86 valence electrons. The van der Waals surface area contributed by atoms with Crippen molar-refractivity contribution in [3.63, 3.8) is 0 Å². The lowest BCUT2D eigenvalue weighted by molar-refractivity contribution is -0.134. The van der Waals surface area contributed by atoms with Gasteiger partial charge in [0.2, 0.25) is 0 Å². The smallest absolute Gasteiger partial charge is 0.155 e. The Balaban J connectivity index is 2.27. The molecule has 1 saturated carbocycles. The summed E-state index contributed by atoms with van der Waals surface area (Å²) in [6.07, 6.45) is 3.50. The molecule has 1 saturated heterocycles. The van der Waals surface area contributed by atoms with Gasteiger partial charge in [-0.15, -0.1) is 0 Å². The van der Waals surface area contributed by atoms with Crippen molar-refractivity contribution in [1.29, 1.82) is 0 Å². The second-order valence-corrected chi connectivity index (χ2v) is 5.91. The molecule has 2 nitrogen and oxygen atoms in total. The van der Waals surface area contributed by atoms with Crippen LogP contribution in [0.2, 0.25) is 0 Å². The minimum atomic E-state index is -0.0764. The van der Waals surface area contributed by atoms with Gasteiger partial charge in [-0.2, -0.15) is 0 Å². The molecule has 1 aliphatic heterocycles. The standard InChI is InChI=1S/C13H23NO/c1-9(2)12(15)13-6-5-11(7-13)8-14(13)10(3)4/h9-11H,5-8H2,1-4H3/t11-,13+/m1/s1.